The molecule has 0 radical (unpaired) electrons. The van der Waals surface area contributed by atoms with E-state index in [1.807, 2.05) is 36.4 Å². The molecule has 1 amide bonds. The Bertz CT molecular complexity index is 1330. The van der Waals surface area contributed by atoms with Gasteiger partial charge in [-0.2, -0.15) is 0 Å². The summed E-state index contributed by atoms with van der Waals surface area (Å²) < 4.78 is 26.2. The number of aryl methyl sites for hydroxylation is 1. The molecule has 0 aliphatic carbocycles. The lowest BCUT2D eigenvalue weighted by Gasteiger charge is -2.10. The van der Waals surface area contributed by atoms with Crippen LogP contribution in [0.25, 0.3) is 10.9 Å². The van der Waals surface area contributed by atoms with Gasteiger partial charge in [0.2, 0.25) is 6.79 Å². The number of amides is 1. The summed E-state index contributed by atoms with van der Waals surface area (Å²) in [5.74, 6) is 1.05. The Labute approximate surface area is 185 Å². The number of ether oxygens (including phenoxy) is 2. The maximum Gasteiger partial charge on any atom is 0.251 e. The average molecular weight is 430 g/mol. The molecular formula is C26H23FN2O3. The number of hydrogen-bond donors (Lipinski definition) is 1. The predicted octanol–water partition coefficient (Wildman–Crippen LogP) is 5.10. The van der Waals surface area contributed by atoms with Gasteiger partial charge in [0.15, 0.2) is 11.5 Å². The van der Waals surface area contributed by atoms with Crippen molar-refractivity contribution in [3.05, 3.63) is 94.4 Å². The van der Waals surface area contributed by atoms with Gasteiger partial charge >= 0.3 is 0 Å². The topological polar surface area (TPSA) is 52.5 Å². The lowest BCUT2D eigenvalue weighted by atomic mass is 10.1. The normalized spacial score (nSPS) is 12.3. The van der Waals surface area contributed by atoms with Crippen molar-refractivity contribution >= 4 is 16.8 Å². The largest absolute Gasteiger partial charge is 0.454 e. The zero-order valence-corrected chi connectivity index (χ0v) is 17.9. The second-order valence-corrected chi connectivity index (χ2v) is 8.03. The smallest absolute Gasteiger partial charge is 0.251 e. The van der Waals surface area contributed by atoms with Gasteiger partial charge in [0.1, 0.15) is 5.82 Å². The van der Waals surface area contributed by atoms with Crippen LogP contribution in [-0.2, 0) is 13.1 Å². The minimum Gasteiger partial charge on any atom is -0.454 e. The van der Waals surface area contributed by atoms with Crippen LogP contribution in [0.1, 0.15) is 32.7 Å². The molecule has 2 heterocycles. The highest BCUT2D eigenvalue weighted by atomic mass is 19.1. The monoisotopic (exact) mass is 430 g/mol. The molecule has 1 N–H and O–H groups in total. The van der Waals surface area contributed by atoms with Crippen LogP contribution in [0.3, 0.4) is 0 Å². The van der Waals surface area contributed by atoms with Gasteiger partial charge in [-0.1, -0.05) is 18.2 Å². The first kappa shape index (κ1) is 20.1. The van der Waals surface area contributed by atoms with E-state index in [2.05, 4.69) is 23.7 Å². The molecule has 6 heteroatoms. The number of rotatable bonds is 5. The Hall–Kier alpha value is -3.80. The molecule has 0 fully saturated rings. The first-order valence-electron chi connectivity index (χ1n) is 10.5. The summed E-state index contributed by atoms with van der Waals surface area (Å²) in [6.45, 7) is 5.40. The lowest BCUT2D eigenvalue weighted by Crippen LogP contribution is -2.22. The van der Waals surface area contributed by atoms with Gasteiger partial charge in [0.25, 0.3) is 5.91 Å². The molecule has 1 aliphatic heterocycles. The van der Waals surface area contributed by atoms with Crippen LogP contribution in [0.2, 0.25) is 0 Å². The summed E-state index contributed by atoms with van der Waals surface area (Å²) in [6, 6.07) is 18.0. The van der Waals surface area contributed by atoms with Crippen LogP contribution in [0.4, 0.5) is 4.39 Å². The summed E-state index contributed by atoms with van der Waals surface area (Å²) in [5.41, 5.74) is 5.89. The van der Waals surface area contributed by atoms with Crippen LogP contribution < -0.4 is 14.8 Å². The third-order valence-electron chi connectivity index (χ3n) is 6.05. The number of hydrogen-bond acceptors (Lipinski definition) is 3. The zero-order chi connectivity index (χ0) is 22.2. The van der Waals surface area contributed by atoms with Crippen molar-refractivity contribution in [2.24, 2.45) is 0 Å². The zero-order valence-electron chi connectivity index (χ0n) is 17.9. The summed E-state index contributed by atoms with van der Waals surface area (Å²) in [4.78, 5) is 12.8. The van der Waals surface area contributed by atoms with Crippen molar-refractivity contribution in [3.8, 4) is 11.5 Å². The van der Waals surface area contributed by atoms with Crippen LogP contribution in [-0.4, -0.2) is 17.3 Å². The highest BCUT2D eigenvalue weighted by Crippen LogP contribution is 2.32. The number of fused-ring (bicyclic) bond motifs is 2. The van der Waals surface area contributed by atoms with Gasteiger partial charge in [-0.25, -0.2) is 4.39 Å². The third-order valence-corrected chi connectivity index (χ3v) is 6.05. The number of aromatic nitrogens is 1. The van der Waals surface area contributed by atoms with Gasteiger partial charge in [-0.15, -0.1) is 0 Å². The Morgan fingerprint density at radius 2 is 1.72 bits per heavy atom. The molecule has 0 spiro atoms. The van der Waals surface area contributed by atoms with Crippen molar-refractivity contribution in [2.45, 2.75) is 26.9 Å². The minimum absolute atomic E-state index is 0.132. The minimum atomic E-state index is -0.240. The van der Waals surface area contributed by atoms with Crippen molar-refractivity contribution < 1.29 is 18.7 Å². The lowest BCUT2D eigenvalue weighted by molar-refractivity contribution is 0.0951. The highest BCUT2D eigenvalue weighted by Gasteiger charge is 2.16. The number of carbonyl (C=O) groups excluding carboxylic acids is 1. The summed E-state index contributed by atoms with van der Waals surface area (Å²) in [6.07, 6.45) is 0. The Balaban J connectivity index is 1.36. The molecule has 0 saturated carbocycles. The second kappa shape index (κ2) is 8.04. The number of nitrogens with zero attached hydrogens (tertiary/aromatic N) is 1. The standard InChI is InChI=1S/C26H23FN2O3/c1-16-17(2)29(14-18-3-7-21(27)8-4-18)23-9-6-20(12-22(16)23)26(30)28-13-19-5-10-24-25(11-19)32-15-31-24/h3-12H,13-15H2,1-2H3,(H,28,30). The van der Waals surface area contributed by atoms with E-state index >= 15 is 0 Å². The maximum absolute atomic E-state index is 13.3. The molecule has 1 aliphatic rings. The van der Waals surface area contributed by atoms with Gasteiger partial charge in [0.05, 0.1) is 0 Å². The van der Waals surface area contributed by atoms with Crippen LogP contribution in [0, 0.1) is 19.7 Å². The molecule has 32 heavy (non-hydrogen) atoms. The fraction of sp³-hybridized carbons (Fsp3) is 0.192. The number of halogens is 1. The molecular weight excluding hydrogens is 407 g/mol. The van der Waals surface area contributed by atoms with E-state index in [1.165, 1.54) is 12.1 Å². The Morgan fingerprint density at radius 3 is 2.53 bits per heavy atom. The second-order valence-electron chi connectivity index (χ2n) is 8.03. The summed E-state index contributed by atoms with van der Waals surface area (Å²) in [7, 11) is 0. The van der Waals surface area contributed by atoms with Crippen molar-refractivity contribution in [1.29, 1.82) is 0 Å². The van der Waals surface area contributed by atoms with Crippen molar-refractivity contribution in [2.75, 3.05) is 6.79 Å². The van der Waals surface area contributed by atoms with Crippen molar-refractivity contribution in [3.63, 3.8) is 0 Å². The third kappa shape index (κ3) is 3.68. The molecule has 1 aromatic heterocycles. The highest BCUT2D eigenvalue weighted by molar-refractivity contribution is 5.99. The predicted molar refractivity (Wildman–Crippen MR) is 121 cm³/mol. The quantitative estimate of drug-likeness (QED) is 0.479. The van der Waals surface area contributed by atoms with Crippen LogP contribution in [0.15, 0.2) is 60.7 Å². The van der Waals surface area contributed by atoms with Crippen LogP contribution >= 0.6 is 0 Å². The fourth-order valence-corrected chi connectivity index (χ4v) is 4.10. The van der Waals surface area contributed by atoms with E-state index in [1.54, 1.807) is 12.1 Å². The van der Waals surface area contributed by atoms with Gasteiger partial charge in [-0.3, -0.25) is 4.79 Å². The number of nitrogens with one attached hydrogen (secondary N) is 1. The summed E-state index contributed by atoms with van der Waals surface area (Å²) >= 11 is 0. The molecule has 5 rings (SSSR count). The molecule has 3 aromatic carbocycles. The molecule has 0 unspecified atom stereocenters. The average Bonchev–Trinajstić information content (AvgIpc) is 3.37. The molecule has 0 atom stereocenters. The molecule has 0 saturated heterocycles. The first-order valence-corrected chi connectivity index (χ1v) is 10.5. The Morgan fingerprint density at radius 1 is 0.969 bits per heavy atom. The molecule has 5 nitrogen and oxygen atoms in total. The number of benzene rings is 3. The molecule has 4 aromatic rings. The SMILES string of the molecule is Cc1c(C)n(Cc2ccc(F)cc2)c2ccc(C(=O)NCc3ccc4c(c3)OCO4)cc12. The van der Waals surface area contributed by atoms with E-state index < -0.39 is 0 Å². The van der Waals surface area contributed by atoms with E-state index in [9.17, 15) is 9.18 Å². The molecule has 162 valence electrons. The van der Waals surface area contributed by atoms with E-state index in [4.69, 9.17) is 9.47 Å². The van der Waals surface area contributed by atoms with E-state index in [0.29, 0.717) is 24.4 Å². The van der Waals surface area contributed by atoms with Gasteiger partial charge in [0, 0.05) is 35.2 Å². The Kier molecular flexibility index (Phi) is 5.05. The number of carbonyl (C=O) groups is 1. The summed E-state index contributed by atoms with van der Waals surface area (Å²) in [5, 5.41) is 4.02. The van der Waals surface area contributed by atoms with Gasteiger partial charge in [-0.05, 0) is 73.0 Å². The van der Waals surface area contributed by atoms with E-state index in [-0.39, 0.29) is 18.5 Å². The maximum atomic E-state index is 13.3. The van der Waals surface area contributed by atoms with E-state index in [0.717, 1.165) is 39.0 Å². The van der Waals surface area contributed by atoms with Crippen molar-refractivity contribution in [1.82, 2.24) is 9.88 Å². The fourth-order valence-electron chi connectivity index (χ4n) is 4.10. The van der Waals surface area contributed by atoms with Crippen LogP contribution in [0.5, 0.6) is 11.5 Å². The van der Waals surface area contributed by atoms with Gasteiger partial charge < -0.3 is 19.4 Å². The first-order chi connectivity index (χ1) is 15.5. The molecule has 0 bridgehead atoms.